The van der Waals surface area contributed by atoms with E-state index in [0.29, 0.717) is 17.1 Å². The van der Waals surface area contributed by atoms with E-state index in [1.54, 1.807) is 18.2 Å². The van der Waals surface area contributed by atoms with Crippen molar-refractivity contribution in [2.24, 2.45) is 5.11 Å². The first-order chi connectivity index (χ1) is 8.20. The van der Waals surface area contributed by atoms with E-state index in [4.69, 9.17) is 20.1 Å². The van der Waals surface area contributed by atoms with Crippen molar-refractivity contribution in [1.82, 2.24) is 4.91 Å². The van der Waals surface area contributed by atoms with E-state index < -0.39 is 5.97 Å². The number of carboxylic acids is 1. The molecule has 0 bridgehead atoms. The van der Waals surface area contributed by atoms with Gasteiger partial charge in [-0.05, 0) is 23.8 Å². The molecule has 0 saturated carbocycles. The summed E-state index contributed by atoms with van der Waals surface area (Å²) in [6.45, 7) is 0.153. The fourth-order valence-electron chi connectivity index (χ4n) is 1.35. The van der Waals surface area contributed by atoms with Crippen LogP contribution in [0, 0.1) is 5.53 Å². The lowest BCUT2D eigenvalue weighted by molar-refractivity contribution is -0.132. The Kier molecular flexibility index (Phi) is 2.85. The van der Waals surface area contributed by atoms with Crippen molar-refractivity contribution in [3.05, 3.63) is 29.5 Å². The molecule has 2 N–H and O–H groups in total. The van der Waals surface area contributed by atoms with Crippen LogP contribution in [0.4, 0.5) is 0 Å². The van der Waals surface area contributed by atoms with Crippen LogP contribution in [0.3, 0.4) is 0 Å². The molecule has 86 valence electrons. The normalized spacial score (nSPS) is 13.1. The number of carboxylic acid groups (broad SMARTS) is 1. The molecule has 7 heteroatoms. The van der Waals surface area contributed by atoms with Crippen molar-refractivity contribution in [3.63, 3.8) is 0 Å². The van der Waals surface area contributed by atoms with Gasteiger partial charge in [-0.25, -0.2) is 4.79 Å². The van der Waals surface area contributed by atoms with Crippen molar-refractivity contribution >= 4 is 12.0 Å². The number of hydrogen-bond donors (Lipinski definition) is 2. The van der Waals surface area contributed by atoms with Gasteiger partial charge in [-0.15, -0.1) is 0 Å². The Morgan fingerprint density at radius 1 is 1.47 bits per heavy atom. The third-order valence-corrected chi connectivity index (χ3v) is 2.08. The third-order valence-electron chi connectivity index (χ3n) is 2.08. The first-order valence-corrected chi connectivity index (χ1v) is 4.63. The van der Waals surface area contributed by atoms with Crippen molar-refractivity contribution in [2.45, 2.75) is 0 Å². The average molecular weight is 234 g/mol. The summed E-state index contributed by atoms with van der Waals surface area (Å²) in [5, 5.41) is 12.0. The summed E-state index contributed by atoms with van der Waals surface area (Å²) in [6, 6.07) is 4.96. The Hall–Kier alpha value is -2.66. The Labute approximate surface area is 95.5 Å². The van der Waals surface area contributed by atoms with Crippen LogP contribution in [-0.2, 0) is 4.79 Å². The van der Waals surface area contributed by atoms with Gasteiger partial charge in [-0.2, -0.15) is 0 Å². The first-order valence-electron chi connectivity index (χ1n) is 4.63. The number of carbonyl (C=O) groups is 1. The number of fused-ring (bicyclic) bond motifs is 1. The standard InChI is InChI=1S/C10H7N3O4/c11-13-12-7(10(14)15)3-6-1-2-8-9(4-6)17-5-16-8/h1-4,11H,5H2/p+1. The molecule has 2 rings (SSSR count). The van der Waals surface area contributed by atoms with Gasteiger partial charge in [0.2, 0.25) is 17.4 Å². The van der Waals surface area contributed by atoms with Crippen LogP contribution in [0.1, 0.15) is 5.56 Å². The number of hydrogen-bond acceptors (Lipinski definition) is 5. The fourth-order valence-corrected chi connectivity index (χ4v) is 1.35. The topological polar surface area (TPSA) is 106 Å². The van der Waals surface area contributed by atoms with E-state index in [2.05, 4.69) is 10.0 Å². The van der Waals surface area contributed by atoms with Crippen LogP contribution in [0.5, 0.6) is 11.5 Å². The summed E-state index contributed by atoms with van der Waals surface area (Å²) >= 11 is 0. The molecule has 0 spiro atoms. The molecule has 0 aromatic heterocycles. The van der Waals surface area contributed by atoms with E-state index in [0.717, 1.165) is 0 Å². The second-order valence-electron chi connectivity index (χ2n) is 3.15. The van der Waals surface area contributed by atoms with Gasteiger partial charge in [0.05, 0.1) is 0 Å². The van der Waals surface area contributed by atoms with Crippen LogP contribution in [0.25, 0.3) is 6.08 Å². The maximum absolute atomic E-state index is 10.8. The number of rotatable bonds is 3. The molecule has 7 nitrogen and oxygen atoms in total. The lowest BCUT2D eigenvalue weighted by Crippen LogP contribution is -1.97. The highest BCUT2D eigenvalue weighted by Crippen LogP contribution is 2.33. The molecule has 0 fully saturated rings. The minimum atomic E-state index is -1.25. The monoisotopic (exact) mass is 234 g/mol. The maximum Gasteiger partial charge on any atom is 0.362 e. The van der Waals surface area contributed by atoms with E-state index in [9.17, 15) is 4.79 Å². The zero-order valence-corrected chi connectivity index (χ0v) is 8.58. The molecular formula is C10H8N3O4+. The molecule has 0 radical (unpaired) electrons. The van der Waals surface area contributed by atoms with Crippen molar-refractivity contribution < 1.29 is 19.4 Å². The number of ether oxygens (including phenoxy) is 2. The molecule has 0 amide bonds. The summed E-state index contributed by atoms with van der Waals surface area (Å²) < 4.78 is 10.3. The quantitative estimate of drug-likeness (QED) is 0.468. The summed E-state index contributed by atoms with van der Waals surface area (Å²) in [5.74, 6) is -0.0916. The minimum absolute atomic E-state index is 0.153. The lowest BCUT2D eigenvalue weighted by atomic mass is 10.1. The smallest absolute Gasteiger partial charge is 0.362 e. The van der Waals surface area contributed by atoms with Crippen molar-refractivity contribution in [1.29, 1.82) is 5.53 Å². The summed E-state index contributed by atoms with van der Waals surface area (Å²) in [4.78, 5) is 13.5. The highest BCUT2D eigenvalue weighted by Gasteiger charge is 2.15. The van der Waals surface area contributed by atoms with Crippen LogP contribution in [-0.4, -0.2) is 17.9 Å². The molecule has 0 unspecified atom stereocenters. The fraction of sp³-hybridized carbons (Fsp3) is 0.100. The molecule has 0 saturated heterocycles. The van der Waals surface area contributed by atoms with E-state index in [1.807, 2.05) is 0 Å². The third kappa shape index (κ3) is 2.30. The summed E-state index contributed by atoms with van der Waals surface area (Å²) in [5.41, 5.74) is 6.79. The van der Waals surface area contributed by atoms with Gasteiger partial charge in [0, 0.05) is 0 Å². The van der Waals surface area contributed by atoms with Gasteiger partial charge in [0.25, 0.3) is 0 Å². The molecule has 1 aromatic rings. The Morgan fingerprint density at radius 3 is 2.94 bits per heavy atom. The van der Waals surface area contributed by atoms with Crippen molar-refractivity contribution in [3.8, 4) is 11.5 Å². The highest BCUT2D eigenvalue weighted by atomic mass is 16.7. The van der Waals surface area contributed by atoms with Crippen LogP contribution in [0.2, 0.25) is 0 Å². The Morgan fingerprint density at radius 2 is 2.24 bits per heavy atom. The second-order valence-corrected chi connectivity index (χ2v) is 3.15. The van der Waals surface area contributed by atoms with Crippen molar-refractivity contribution in [2.75, 3.05) is 6.79 Å². The highest BCUT2D eigenvalue weighted by molar-refractivity contribution is 5.91. The predicted octanol–water partition coefficient (Wildman–Crippen LogP) is 1.39. The van der Waals surface area contributed by atoms with Crippen LogP contribution < -0.4 is 14.4 Å². The molecule has 1 aliphatic rings. The van der Waals surface area contributed by atoms with E-state index >= 15 is 0 Å². The molecule has 1 aliphatic heterocycles. The van der Waals surface area contributed by atoms with Crippen LogP contribution >= 0.6 is 0 Å². The molecule has 17 heavy (non-hydrogen) atoms. The Balaban J connectivity index is 2.37. The summed E-state index contributed by atoms with van der Waals surface area (Å²) in [6.07, 6.45) is 1.29. The van der Waals surface area contributed by atoms with Gasteiger partial charge < -0.3 is 14.6 Å². The average Bonchev–Trinajstić information content (AvgIpc) is 2.75. The van der Waals surface area contributed by atoms with Crippen LogP contribution in [0.15, 0.2) is 29.0 Å². The largest absolute Gasteiger partial charge is 0.476 e. The molecule has 0 aliphatic carbocycles. The van der Waals surface area contributed by atoms with E-state index in [1.165, 1.54) is 6.08 Å². The predicted molar refractivity (Wildman–Crippen MR) is 55.5 cm³/mol. The second kappa shape index (κ2) is 4.46. The first kappa shape index (κ1) is 10.8. The minimum Gasteiger partial charge on any atom is -0.476 e. The number of nitrogens with zero attached hydrogens (tertiary/aromatic N) is 2. The van der Waals surface area contributed by atoms with Gasteiger partial charge in [-0.3, -0.25) is 0 Å². The van der Waals surface area contributed by atoms with E-state index in [-0.39, 0.29) is 12.5 Å². The summed E-state index contributed by atoms with van der Waals surface area (Å²) in [7, 11) is 0. The maximum atomic E-state index is 10.8. The molecule has 0 atom stereocenters. The number of benzene rings is 1. The Bertz CT molecular complexity index is 542. The lowest BCUT2D eigenvalue weighted by Gasteiger charge is -1.97. The molecule has 1 aromatic carbocycles. The van der Waals surface area contributed by atoms with Gasteiger partial charge in [0.15, 0.2) is 16.6 Å². The molecule has 1 heterocycles. The zero-order valence-electron chi connectivity index (χ0n) is 8.58. The van der Waals surface area contributed by atoms with Gasteiger partial charge in [-0.1, -0.05) is 6.07 Å². The van der Waals surface area contributed by atoms with Gasteiger partial charge >= 0.3 is 5.97 Å². The van der Waals surface area contributed by atoms with Gasteiger partial charge in [0.1, 0.15) is 5.53 Å². The number of nitrogens with one attached hydrogen (secondary N) is 1. The number of aliphatic carboxylic acids is 1. The molecular weight excluding hydrogens is 226 g/mol. The zero-order chi connectivity index (χ0) is 12.3. The SMILES string of the molecule is N=[N+]=NC(=Cc1ccc2c(c1)OCO2)C(=O)O.